The van der Waals surface area contributed by atoms with E-state index in [1.54, 1.807) is 27.7 Å². The first-order valence-electron chi connectivity index (χ1n) is 14.9. The van der Waals surface area contributed by atoms with Gasteiger partial charge < -0.3 is 23.6 Å². The van der Waals surface area contributed by atoms with Crippen molar-refractivity contribution < 1.29 is 55.7 Å². The molecule has 2 aromatic carbocycles. The van der Waals surface area contributed by atoms with Gasteiger partial charge in [-0.3, -0.25) is 37.5 Å². The summed E-state index contributed by atoms with van der Waals surface area (Å²) in [7, 11) is -10.3. The Labute approximate surface area is 280 Å². The number of rotatable bonds is 16. The van der Waals surface area contributed by atoms with E-state index in [0.29, 0.717) is 11.1 Å². The number of carbonyl (C=O) groups is 2. The summed E-state index contributed by atoms with van der Waals surface area (Å²) in [6, 6.07) is 13.0. The average Bonchev–Trinajstić information content (AvgIpc) is 3.52. The largest absolute Gasteiger partial charge is 0.756 e. The molecule has 0 bridgehead atoms. The third kappa shape index (κ3) is 11.6. The molecule has 0 saturated heterocycles. The molecule has 0 saturated carbocycles. The topological polar surface area (TPSA) is 211 Å². The van der Waals surface area contributed by atoms with Crippen molar-refractivity contribution in [3.05, 3.63) is 105 Å². The van der Waals surface area contributed by atoms with Gasteiger partial charge in [0.15, 0.2) is 6.23 Å². The van der Waals surface area contributed by atoms with Gasteiger partial charge in [-0.15, -0.1) is 0 Å². The van der Waals surface area contributed by atoms with Crippen molar-refractivity contribution >= 4 is 27.6 Å². The molecule has 3 atom stereocenters. The zero-order valence-corrected chi connectivity index (χ0v) is 28.7. The predicted octanol–water partition coefficient (Wildman–Crippen LogP) is 4.16. The number of esters is 2. The first-order valence-corrected chi connectivity index (χ1v) is 17.9. The summed E-state index contributed by atoms with van der Waals surface area (Å²) < 4.78 is 64.2. The second-order valence-corrected chi connectivity index (χ2v) is 14.4. The second kappa shape index (κ2) is 16.6. The van der Waals surface area contributed by atoms with Gasteiger partial charge >= 0.3 is 25.5 Å². The second-order valence-electron chi connectivity index (χ2n) is 11.2. The minimum Gasteiger partial charge on any atom is -0.756 e. The molecular weight excluding hydrogens is 686 g/mol. The number of phosphoric ester groups is 2. The normalized spacial score (nSPS) is 17.3. The van der Waals surface area contributed by atoms with Crippen molar-refractivity contribution in [3.8, 4) is 11.5 Å². The molecule has 0 fully saturated rings. The minimum absolute atomic E-state index is 0.258. The fraction of sp³-hybridized carbons (Fsp3) is 0.355. The Hall–Kier alpha value is -3.98. The van der Waals surface area contributed by atoms with Crippen molar-refractivity contribution in [3.63, 3.8) is 0 Å². The van der Waals surface area contributed by atoms with Gasteiger partial charge in [0.25, 0.3) is 13.4 Å². The lowest BCUT2D eigenvalue weighted by molar-refractivity contribution is -0.220. The number of aromatic nitrogens is 2. The van der Waals surface area contributed by atoms with E-state index >= 15 is 0 Å². The van der Waals surface area contributed by atoms with Crippen LogP contribution in [0.25, 0.3) is 0 Å². The van der Waals surface area contributed by atoms with Crippen LogP contribution in [-0.4, -0.2) is 34.2 Å². The standard InChI is InChI=1S/C31H36N2O14P2/c1-20(2)29(35)45-24-9-5-22(6-10-24)17-42-49(40,43-18-23-7-11-25(12-8-23)46-30(36)21(3)4)47-48(38,39)41-19-26-13-14-28(44-26)33-16-15-27(34)32-31(33)37/h5-16,20-21,26,28H,17-19H2,1-4H3,(H,38,39)(H,32,34,37)/p-1/t26-,28+/m0/s1. The number of nitrogens with one attached hydrogen (secondary N) is 1. The first-order chi connectivity index (χ1) is 23.1. The van der Waals surface area contributed by atoms with E-state index in [1.165, 1.54) is 66.9 Å². The molecule has 18 heteroatoms. The van der Waals surface area contributed by atoms with Crippen LogP contribution in [0.3, 0.4) is 0 Å². The Balaban J connectivity index is 1.41. The van der Waals surface area contributed by atoms with Crippen LogP contribution in [0.5, 0.6) is 11.5 Å². The van der Waals surface area contributed by atoms with Crippen LogP contribution in [-0.2, 0) is 54.6 Å². The van der Waals surface area contributed by atoms with Crippen LogP contribution in [0.2, 0.25) is 0 Å². The van der Waals surface area contributed by atoms with Crippen LogP contribution in [0, 0.1) is 11.8 Å². The monoisotopic (exact) mass is 721 g/mol. The van der Waals surface area contributed by atoms with Crippen molar-refractivity contribution in [2.75, 3.05) is 6.61 Å². The summed E-state index contributed by atoms with van der Waals surface area (Å²) in [6.07, 6.45) is 2.17. The Morgan fingerprint density at radius 3 is 1.80 bits per heavy atom. The fourth-order valence-corrected chi connectivity index (χ4v) is 6.41. The molecule has 264 valence electrons. The molecule has 49 heavy (non-hydrogen) atoms. The zero-order chi connectivity index (χ0) is 35.8. The first kappa shape index (κ1) is 37.8. The number of benzene rings is 2. The molecular formula is C31H35N2O14P2-. The average molecular weight is 722 g/mol. The quantitative estimate of drug-likeness (QED) is 0.0953. The highest BCUT2D eigenvalue weighted by Crippen LogP contribution is 2.62. The van der Waals surface area contributed by atoms with Crippen molar-refractivity contribution in [2.24, 2.45) is 11.8 Å². The number of ether oxygens (including phenoxy) is 3. The molecule has 1 aliphatic rings. The van der Waals surface area contributed by atoms with Crippen LogP contribution in [0.4, 0.5) is 0 Å². The Bertz CT molecular complexity index is 1780. The summed E-state index contributed by atoms with van der Waals surface area (Å²) in [5.74, 6) is -1.06. The lowest BCUT2D eigenvalue weighted by Crippen LogP contribution is -2.32. The van der Waals surface area contributed by atoms with E-state index in [-0.39, 0.29) is 23.3 Å². The molecule has 1 N–H and O–H groups in total. The summed E-state index contributed by atoms with van der Waals surface area (Å²) in [5.41, 5.74) is -0.533. The fourth-order valence-electron chi connectivity index (χ4n) is 3.85. The molecule has 0 spiro atoms. The number of hydrogen-bond acceptors (Lipinski definition) is 14. The molecule has 1 aromatic heterocycles. The number of carbonyl (C=O) groups excluding carboxylic acids is 2. The van der Waals surface area contributed by atoms with E-state index in [1.807, 2.05) is 0 Å². The van der Waals surface area contributed by atoms with E-state index in [9.17, 15) is 33.2 Å². The maximum atomic E-state index is 13.7. The van der Waals surface area contributed by atoms with Gasteiger partial charge in [0.2, 0.25) is 0 Å². The van der Waals surface area contributed by atoms with E-state index in [0.717, 1.165) is 10.6 Å². The smallest absolute Gasteiger partial charge is 0.481 e. The van der Waals surface area contributed by atoms with E-state index in [2.05, 4.69) is 4.98 Å². The van der Waals surface area contributed by atoms with Crippen LogP contribution in [0.15, 0.2) is 82.5 Å². The Morgan fingerprint density at radius 2 is 1.33 bits per heavy atom. The molecule has 4 rings (SSSR count). The predicted molar refractivity (Wildman–Crippen MR) is 170 cm³/mol. The number of nitrogens with zero attached hydrogens (tertiary/aromatic N) is 1. The number of phosphoric acid groups is 2. The van der Waals surface area contributed by atoms with Crippen LogP contribution in [0.1, 0.15) is 45.0 Å². The van der Waals surface area contributed by atoms with Gasteiger partial charge in [0, 0.05) is 12.3 Å². The van der Waals surface area contributed by atoms with Crippen molar-refractivity contribution in [1.29, 1.82) is 0 Å². The van der Waals surface area contributed by atoms with Crippen LogP contribution < -0.4 is 25.6 Å². The summed E-state index contributed by atoms with van der Waals surface area (Å²) in [6.45, 7) is 5.22. The third-order valence-electron chi connectivity index (χ3n) is 6.53. The Kier molecular flexibility index (Phi) is 12.8. The van der Waals surface area contributed by atoms with Gasteiger partial charge in [-0.2, -0.15) is 0 Å². The zero-order valence-electron chi connectivity index (χ0n) is 26.9. The van der Waals surface area contributed by atoms with Gasteiger partial charge in [0.1, 0.15) is 17.6 Å². The van der Waals surface area contributed by atoms with Gasteiger partial charge in [-0.05, 0) is 41.5 Å². The third-order valence-corrected chi connectivity index (χ3v) is 9.49. The molecule has 2 heterocycles. The van der Waals surface area contributed by atoms with Crippen molar-refractivity contribution in [1.82, 2.24) is 9.55 Å². The maximum absolute atomic E-state index is 13.7. The summed E-state index contributed by atoms with van der Waals surface area (Å²) >= 11 is 0. The maximum Gasteiger partial charge on any atom is 0.481 e. The van der Waals surface area contributed by atoms with Gasteiger partial charge in [-0.25, -0.2) is 13.7 Å². The summed E-state index contributed by atoms with van der Waals surface area (Å²) in [4.78, 5) is 62.1. The highest BCUT2D eigenvalue weighted by Gasteiger charge is 2.34. The van der Waals surface area contributed by atoms with E-state index < -0.39 is 71.0 Å². The van der Waals surface area contributed by atoms with Gasteiger partial charge in [-0.1, -0.05) is 58.0 Å². The number of H-pyrrole nitrogens is 1. The molecule has 1 unspecified atom stereocenters. The molecule has 3 aromatic rings. The lowest BCUT2D eigenvalue weighted by Gasteiger charge is -2.28. The lowest BCUT2D eigenvalue weighted by atomic mass is 10.2. The minimum atomic E-state index is -5.39. The Morgan fingerprint density at radius 1 is 0.816 bits per heavy atom. The van der Waals surface area contributed by atoms with Gasteiger partial charge in [0.05, 0.1) is 31.7 Å². The number of hydrogen-bond donors (Lipinski definition) is 1. The highest BCUT2D eigenvalue weighted by molar-refractivity contribution is 7.61. The number of aromatic amines is 1. The van der Waals surface area contributed by atoms with E-state index in [4.69, 9.17) is 32.1 Å². The molecule has 0 amide bonds. The molecule has 1 aliphatic heterocycles. The summed E-state index contributed by atoms with van der Waals surface area (Å²) in [5, 5.41) is 0. The molecule has 16 nitrogen and oxygen atoms in total. The van der Waals surface area contributed by atoms with Crippen LogP contribution >= 0.6 is 15.6 Å². The SMILES string of the molecule is CC(C)C(=O)Oc1ccc(COP(=O)(OCc2ccc(OC(=O)C(C)C)cc2)OP(=O)([O-])OC[C@@H]2C=C[C@H](n3ccc(=O)[nH]c3=O)O2)cc1. The highest BCUT2D eigenvalue weighted by atomic mass is 31.3. The molecule has 0 aliphatic carbocycles. The van der Waals surface area contributed by atoms with Crippen molar-refractivity contribution in [2.45, 2.75) is 53.2 Å². The molecule has 0 radical (unpaired) electrons.